The molecule has 1 aromatic carbocycles. The molecule has 24 heavy (non-hydrogen) atoms. The normalized spacial score (nSPS) is 16.5. The van der Waals surface area contributed by atoms with Crippen molar-refractivity contribution in [3.63, 3.8) is 0 Å². The van der Waals surface area contributed by atoms with E-state index in [-0.39, 0.29) is 23.9 Å². The standard InChI is InChI=1S/C19H29N3O2/c1-14(2)17(18(23)21-16-11-7-4-8-12-16)22-19(24)20-13-15-9-5-3-6-10-15/h3,5-6,9-10,14,16-17H,4,7-8,11-13H2,1-2H3,(H,21,23)(H2,20,22,24)/t17-/m0/s1. The van der Waals surface area contributed by atoms with E-state index >= 15 is 0 Å². The summed E-state index contributed by atoms with van der Waals surface area (Å²) < 4.78 is 0. The lowest BCUT2D eigenvalue weighted by Crippen LogP contribution is -2.54. The second-order valence-electron chi connectivity index (χ2n) is 6.88. The van der Waals surface area contributed by atoms with E-state index in [1.807, 2.05) is 44.2 Å². The zero-order valence-electron chi connectivity index (χ0n) is 14.7. The predicted octanol–water partition coefficient (Wildman–Crippen LogP) is 2.96. The Labute approximate surface area is 144 Å². The summed E-state index contributed by atoms with van der Waals surface area (Å²) in [6.07, 6.45) is 5.66. The molecule has 132 valence electrons. The molecule has 5 nitrogen and oxygen atoms in total. The van der Waals surface area contributed by atoms with Crippen LogP contribution in [0, 0.1) is 5.92 Å². The molecule has 1 atom stereocenters. The first-order valence-corrected chi connectivity index (χ1v) is 8.95. The monoisotopic (exact) mass is 331 g/mol. The van der Waals surface area contributed by atoms with Crippen LogP contribution in [0.5, 0.6) is 0 Å². The van der Waals surface area contributed by atoms with Gasteiger partial charge in [-0.3, -0.25) is 4.79 Å². The molecule has 3 N–H and O–H groups in total. The lowest BCUT2D eigenvalue weighted by Gasteiger charge is -2.27. The van der Waals surface area contributed by atoms with Gasteiger partial charge in [0.1, 0.15) is 6.04 Å². The highest BCUT2D eigenvalue weighted by Gasteiger charge is 2.26. The van der Waals surface area contributed by atoms with Crippen molar-refractivity contribution in [2.45, 2.75) is 64.6 Å². The quantitative estimate of drug-likeness (QED) is 0.750. The van der Waals surface area contributed by atoms with Gasteiger partial charge in [0, 0.05) is 12.6 Å². The molecular formula is C19H29N3O2. The Hall–Kier alpha value is -2.04. The van der Waals surface area contributed by atoms with E-state index < -0.39 is 6.04 Å². The highest BCUT2D eigenvalue weighted by Crippen LogP contribution is 2.17. The Morgan fingerprint density at radius 2 is 1.75 bits per heavy atom. The third-order valence-electron chi connectivity index (χ3n) is 4.48. The van der Waals surface area contributed by atoms with E-state index in [1.165, 1.54) is 19.3 Å². The fourth-order valence-corrected chi connectivity index (χ4v) is 3.04. The Kier molecular flexibility index (Phi) is 7.09. The van der Waals surface area contributed by atoms with Crippen LogP contribution >= 0.6 is 0 Å². The molecular weight excluding hydrogens is 302 g/mol. The van der Waals surface area contributed by atoms with Gasteiger partial charge in [-0.2, -0.15) is 0 Å². The number of carbonyl (C=O) groups is 2. The van der Waals surface area contributed by atoms with Gasteiger partial charge < -0.3 is 16.0 Å². The van der Waals surface area contributed by atoms with Crippen LogP contribution in [-0.2, 0) is 11.3 Å². The van der Waals surface area contributed by atoms with Crippen LogP contribution in [0.4, 0.5) is 4.79 Å². The maximum atomic E-state index is 12.5. The fraction of sp³-hybridized carbons (Fsp3) is 0.579. The maximum absolute atomic E-state index is 12.5. The Balaban J connectivity index is 1.82. The first kappa shape index (κ1) is 18.3. The van der Waals surface area contributed by atoms with Crippen molar-refractivity contribution < 1.29 is 9.59 Å². The average Bonchev–Trinajstić information content (AvgIpc) is 2.59. The summed E-state index contributed by atoms with van der Waals surface area (Å²) in [5, 5.41) is 8.72. The number of hydrogen-bond donors (Lipinski definition) is 3. The molecule has 2 rings (SSSR count). The van der Waals surface area contributed by atoms with Gasteiger partial charge in [0.15, 0.2) is 0 Å². The minimum atomic E-state index is -0.511. The molecule has 5 heteroatoms. The van der Waals surface area contributed by atoms with Crippen molar-refractivity contribution in [3.8, 4) is 0 Å². The Morgan fingerprint density at radius 3 is 2.38 bits per heavy atom. The average molecular weight is 331 g/mol. The van der Waals surface area contributed by atoms with E-state index in [0.29, 0.717) is 6.54 Å². The van der Waals surface area contributed by atoms with Gasteiger partial charge in [-0.1, -0.05) is 63.4 Å². The van der Waals surface area contributed by atoms with Crippen LogP contribution in [0.1, 0.15) is 51.5 Å². The van der Waals surface area contributed by atoms with E-state index in [2.05, 4.69) is 16.0 Å². The summed E-state index contributed by atoms with van der Waals surface area (Å²) in [7, 11) is 0. The zero-order valence-corrected chi connectivity index (χ0v) is 14.7. The Bertz CT molecular complexity index is 525. The summed E-state index contributed by atoms with van der Waals surface area (Å²) in [6, 6.07) is 9.15. The SMILES string of the molecule is CC(C)[C@H](NC(=O)NCc1ccccc1)C(=O)NC1CCCCC1. The molecule has 0 aromatic heterocycles. The summed E-state index contributed by atoms with van der Waals surface area (Å²) in [5.41, 5.74) is 1.03. The lowest BCUT2D eigenvalue weighted by atomic mass is 9.94. The molecule has 0 heterocycles. The minimum Gasteiger partial charge on any atom is -0.352 e. The lowest BCUT2D eigenvalue weighted by molar-refractivity contribution is -0.124. The van der Waals surface area contributed by atoms with Crippen LogP contribution in [0.25, 0.3) is 0 Å². The van der Waals surface area contributed by atoms with Gasteiger partial charge in [0.2, 0.25) is 5.91 Å². The third-order valence-corrected chi connectivity index (χ3v) is 4.48. The third kappa shape index (κ3) is 5.87. The molecule has 1 aliphatic carbocycles. The molecule has 3 amide bonds. The number of rotatable bonds is 6. The van der Waals surface area contributed by atoms with E-state index in [9.17, 15) is 9.59 Å². The topological polar surface area (TPSA) is 70.2 Å². The molecule has 0 unspecified atom stereocenters. The Morgan fingerprint density at radius 1 is 1.08 bits per heavy atom. The van der Waals surface area contributed by atoms with Crippen LogP contribution in [0.2, 0.25) is 0 Å². The van der Waals surface area contributed by atoms with E-state index in [1.54, 1.807) is 0 Å². The smallest absolute Gasteiger partial charge is 0.315 e. The molecule has 0 saturated heterocycles. The molecule has 1 aliphatic rings. The van der Waals surface area contributed by atoms with Crippen LogP contribution in [0.15, 0.2) is 30.3 Å². The molecule has 1 aromatic rings. The van der Waals surface area contributed by atoms with Gasteiger partial charge in [-0.15, -0.1) is 0 Å². The van der Waals surface area contributed by atoms with Crippen LogP contribution in [0.3, 0.4) is 0 Å². The van der Waals surface area contributed by atoms with Crippen molar-refractivity contribution in [1.82, 2.24) is 16.0 Å². The van der Waals surface area contributed by atoms with Crippen molar-refractivity contribution in [1.29, 1.82) is 0 Å². The first-order chi connectivity index (χ1) is 11.6. The summed E-state index contributed by atoms with van der Waals surface area (Å²) in [5.74, 6) is -0.0390. The number of hydrogen-bond acceptors (Lipinski definition) is 2. The number of benzene rings is 1. The number of urea groups is 1. The van der Waals surface area contributed by atoms with Crippen molar-refractivity contribution in [2.75, 3.05) is 0 Å². The molecule has 0 bridgehead atoms. The summed E-state index contributed by atoms with van der Waals surface area (Å²) in [4.78, 5) is 24.6. The molecule has 0 spiro atoms. The second kappa shape index (κ2) is 9.30. The van der Waals surface area contributed by atoms with Gasteiger partial charge in [0.05, 0.1) is 0 Å². The highest BCUT2D eigenvalue weighted by atomic mass is 16.2. The van der Waals surface area contributed by atoms with Crippen LogP contribution in [-0.4, -0.2) is 24.0 Å². The van der Waals surface area contributed by atoms with Gasteiger partial charge in [0.25, 0.3) is 0 Å². The summed E-state index contributed by atoms with van der Waals surface area (Å²) in [6.45, 7) is 4.34. The largest absolute Gasteiger partial charge is 0.352 e. The van der Waals surface area contributed by atoms with Gasteiger partial charge in [-0.05, 0) is 24.3 Å². The fourth-order valence-electron chi connectivity index (χ4n) is 3.04. The van der Waals surface area contributed by atoms with Crippen LogP contribution < -0.4 is 16.0 Å². The van der Waals surface area contributed by atoms with Crippen molar-refractivity contribution in [3.05, 3.63) is 35.9 Å². The molecule has 1 saturated carbocycles. The maximum Gasteiger partial charge on any atom is 0.315 e. The molecule has 0 aliphatic heterocycles. The van der Waals surface area contributed by atoms with Crippen molar-refractivity contribution in [2.24, 2.45) is 5.92 Å². The van der Waals surface area contributed by atoms with Gasteiger partial charge >= 0.3 is 6.03 Å². The van der Waals surface area contributed by atoms with E-state index in [0.717, 1.165) is 18.4 Å². The van der Waals surface area contributed by atoms with E-state index in [4.69, 9.17) is 0 Å². The van der Waals surface area contributed by atoms with Crippen molar-refractivity contribution >= 4 is 11.9 Å². The zero-order chi connectivity index (χ0) is 17.4. The predicted molar refractivity (Wildman–Crippen MR) is 95.5 cm³/mol. The summed E-state index contributed by atoms with van der Waals surface area (Å²) >= 11 is 0. The van der Waals surface area contributed by atoms with Gasteiger partial charge in [-0.25, -0.2) is 4.79 Å². The minimum absolute atomic E-state index is 0.0380. The second-order valence-corrected chi connectivity index (χ2v) is 6.88. The molecule has 0 radical (unpaired) electrons. The molecule has 1 fully saturated rings. The highest BCUT2D eigenvalue weighted by molar-refractivity contribution is 5.87. The number of carbonyl (C=O) groups excluding carboxylic acids is 2. The number of nitrogens with one attached hydrogen (secondary N) is 3. The first-order valence-electron chi connectivity index (χ1n) is 8.95. The number of amides is 3.